The van der Waals surface area contributed by atoms with Gasteiger partial charge in [0.1, 0.15) is 0 Å². The zero-order valence-corrected chi connectivity index (χ0v) is 36.9. The van der Waals surface area contributed by atoms with Gasteiger partial charge in [-0.15, -0.1) is 29.8 Å². The quantitative estimate of drug-likeness (QED) is 0.118. The first-order valence-corrected chi connectivity index (χ1v) is 20.8. The number of hydrogen-bond acceptors (Lipinski definition) is 3. The Hall–Kier alpha value is -6.55. The third-order valence-corrected chi connectivity index (χ3v) is 11.9. The number of aromatic nitrogens is 4. The zero-order valence-electron chi connectivity index (χ0n) is 34.6. The van der Waals surface area contributed by atoms with Crippen molar-refractivity contribution in [1.29, 1.82) is 0 Å². The van der Waals surface area contributed by atoms with E-state index in [1.54, 1.807) is 0 Å². The minimum atomic E-state index is 0. The van der Waals surface area contributed by atoms with Crippen LogP contribution >= 0.6 is 0 Å². The van der Waals surface area contributed by atoms with Crippen LogP contribution in [0.2, 0.25) is 0 Å². The van der Waals surface area contributed by atoms with Crippen molar-refractivity contribution in [3.05, 3.63) is 180 Å². The SMILES string of the molecule is Cc1ccc2ccc3nc4c5[c-]c(Oc6[c-]c(-c7nc8ccccc8n7-c7c(C(C)C)cc(-c8ccccc8)cc7C(C)C)ccc6)ccc5c5ccccc5n4c3c2c1.[Pt+2]. The largest absolute Gasteiger partial charge is 2.00 e. The van der Waals surface area contributed by atoms with Crippen molar-refractivity contribution in [2.75, 3.05) is 0 Å². The first kappa shape index (κ1) is 38.6. The van der Waals surface area contributed by atoms with Crippen LogP contribution in [0.25, 0.3) is 88.4 Å². The molecular formula is C55H42N4OPt. The average Bonchev–Trinajstić information content (AvgIpc) is 3.86. The minimum Gasteiger partial charge on any atom is -0.497 e. The summed E-state index contributed by atoms with van der Waals surface area (Å²) in [5.41, 5.74) is 14.2. The van der Waals surface area contributed by atoms with E-state index in [9.17, 15) is 0 Å². The number of imidazole rings is 2. The predicted molar refractivity (Wildman–Crippen MR) is 248 cm³/mol. The topological polar surface area (TPSA) is 44.4 Å². The third-order valence-electron chi connectivity index (χ3n) is 11.9. The van der Waals surface area contributed by atoms with Crippen LogP contribution in [0, 0.1) is 19.1 Å². The van der Waals surface area contributed by atoms with Gasteiger partial charge in [-0.2, -0.15) is 0 Å². The molecule has 11 aromatic rings. The fraction of sp³-hybridized carbons (Fsp3) is 0.127. The molecule has 0 aliphatic carbocycles. The summed E-state index contributed by atoms with van der Waals surface area (Å²) in [5.74, 6) is 2.52. The van der Waals surface area contributed by atoms with Gasteiger partial charge in [-0.25, -0.2) is 0 Å². The molecule has 0 aliphatic rings. The van der Waals surface area contributed by atoms with Crippen LogP contribution in [0.15, 0.2) is 152 Å². The van der Waals surface area contributed by atoms with Gasteiger partial charge >= 0.3 is 21.1 Å². The molecule has 0 N–H and O–H groups in total. The fourth-order valence-corrected chi connectivity index (χ4v) is 9.04. The molecule has 0 amide bonds. The molecule has 0 atom stereocenters. The van der Waals surface area contributed by atoms with Crippen molar-refractivity contribution >= 4 is 60.2 Å². The van der Waals surface area contributed by atoms with Crippen molar-refractivity contribution in [2.24, 2.45) is 0 Å². The first-order valence-electron chi connectivity index (χ1n) is 20.8. The van der Waals surface area contributed by atoms with E-state index in [0.29, 0.717) is 11.5 Å². The molecular weight excluding hydrogens is 928 g/mol. The number of benzene rings is 8. The molecule has 6 heteroatoms. The summed E-state index contributed by atoms with van der Waals surface area (Å²) in [7, 11) is 0. The van der Waals surface area contributed by atoms with Gasteiger partial charge in [0.2, 0.25) is 0 Å². The minimum absolute atomic E-state index is 0. The third kappa shape index (κ3) is 6.42. The predicted octanol–water partition coefficient (Wildman–Crippen LogP) is 14.6. The number of aryl methyl sites for hydroxylation is 1. The Morgan fingerprint density at radius 2 is 1.26 bits per heavy atom. The van der Waals surface area contributed by atoms with E-state index >= 15 is 0 Å². The maximum absolute atomic E-state index is 6.69. The van der Waals surface area contributed by atoms with Crippen LogP contribution in [0.1, 0.15) is 56.2 Å². The summed E-state index contributed by atoms with van der Waals surface area (Å²) in [6, 6.07) is 60.8. The average molecular weight is 970 g/mol. The smallest absolute Gasteiger partial charge is 0.497 e. The summed E-state index contributed by atoms with van der Waals surface area (Å²) in [4.78, 5) is 10.6. The van der Waals surface area contributed by atoms with E-state index in [-0.39, 0.29) is 32.9 Å². The molecule has 0 unspecified atom stereocenters. The summed E-state index contributed by atoms with van der Waals surface area (Å²) in [5, 5.41) is 5.49. The molecule has 298 valence electrons. The van der Waals surface area contributed by atoms with Crippen LogP contribution in [0.4, 0.5) is 0 Å². The van der Waals surface area contributed by atoms with Gasteiger partial charge in [0.25, 0.3) is 0 Å². The summed E-state index contributed by atoms with van der Waals surface area (Å²) < 4.78 is 11.3. The molecule has 0 fully saturated rings. The van der Waals surface area contributed by atoms with E-state index in [1.165, 1.54) is 44.3 Å². The summed E-state index contributed by atoms with van der Waals surface area (Å²) in [6.45, 7) is 11.3. The molecule has 11 rings (SSSR count). The Morgan fingerprint density at radius 3 is 2.05 bits per heavy atom. The Balaban J connectivity index is 0.00000445. The first-order chi connectivity index (χ1) is 29.3. The molecule has 8 aromatic carbocycles. The van der Waals surface area contributed by atoms with Crippen LogP contribution in [-0.4, -0.2) is 18.9 Å². The molecule has 0 radical (unpaired) electrons. The van der Waals surface area contributed by atoms with Crippen molar-refractivity contribution < 1.29 is 25.8 Å². The number of rotatable bonds is 7. The molecule has 0 saturated heterocycles. The van der Waals surface area contributed by atoms with E-state index in [0.717, 1.165) is 60.8 Å². The van der Waals surface area contributed by atoms with Crippen LogP contribution in [0.3, 0.4) is 0 Å². The van der Waals surface area contributed by atoms with Gasteiger partial charge in [-0.05, 0) is 94.3 Å². The molecule has 0 bridgehead atoms. The van der Waals surface area contributed by atoms with Crippen LogP contribution in [-0.2, 0) is 21.1 Å². The number of para-hydroxylation sites is 3. The van der Waals surface area contributed by atoms with Gasteiger partial charge in [-0.3, -0.25) is 9.97 Å². The van der Waals surface area contributed by atoms with E-state index < -0.39 is 0 Å². The molecule has 61 heavy (non-hydrogen) atoms. The van der Waals surface area contributed by atoms with Crippen LogP contribution in [0.5, 0.6) is 11.5 Å². The molecule has 3 aromatic heterocycles. The number of fused-ring (bicyclic) bond motifs is 11. The maximum atomic E-state index is 6.69. The van der Waals surface area contributed by atoms with Crippen LogP contribution < -0.4 is 4.74 Å². The van der Waals surface area contributed by atoms with Crippen molar-refractivity contribution in [1.82, 2.24) is 18.9 Å². The molecule has 0 spiro atoms. The Kier molecular flexibility index (Phi) is 9.61. The molecule has 0 aliphatic heterocycles. The molecule has 3 heterocycles. The van der Waals surface area contributed by atoms with Gasteiger partial charge in [0, 0.05) is 28.1 Å². The van der Waals surface area contributed by atoms with Gasteiger partial charge < -0.3 is 13.7 Å². The Morgan fingerprint density at radius 1 is 0.557 bits per heavy atom. The van der Waals surface area contributed by atoms with E-state index in [1.807, 2.05) is 18.2 Å². The molecule has 0 saturated carbocycles. The Labute approximate surface area is 369 Å². The van der Waals surface area contributed by atoms with Gasteiger partial charge in [-0.1, -0.05) is 141 Å². The fourth-order valence-electron chi connectivity index (χ4n) is 9.04. The maximum Gasteiger partial charge on any atom is 2.00 e. The second-order valence-corrected chi connectivity index (χ2v) is 16.5. The van der Waals surface area contributed by atoms with Gasteiger partial charge in [0.05, 0.1) is 33.5 Å². The number of hydrogen-bond donors (Lipinski definition) is 0. The standard InChI is InChI=1S/C55H42N4O.Pt/c1-33(2)44-30-39(36-14-7-6-8-15-36)31-45(34(3)4)52(44)59-51-21-12-10-19-48(51)56-54(59)38-16-13-17-40(29-38)60-41-25-26-42-43-18-9-11-20-50(43)58-53-46-28-35(5)22-23-37(46)24-27-49(53)57-55(58)47(42)32-41;/h6-28,30-31,33-34H,1-5H3;/q-2;+2. The normalized spacial score (nSPS) is 11.9. The number of nitrogens with zero attached hydrogens (tertiary/aromatic N) is 4. The summed E-state index contributed by atoms with van der Waals surface area (Å²) in [6.07, 6.45) is 0. The summed E-state index contributed by atoms with van der Waals surface area (Å²) >= 11 is 0. The number of ether oxygens (including phenoxy) is 1. The molecule has 5 nitrogen and oxygen atoms in total. The second kappa shape index (κ2) is 15.2. The zero-order chi connectivity index (χ0) is 40.6. The van der Waals surface area contributed by atoms with Crippen molar-refractivity contribution in [3.63, 3.8) is 0 Å². The van der Waals surface area contributed by atoms with E-state index in [2.05, 4.69) is 189 Å². The monoisotopic (exact) mass is 969 g/mol. The van der Waals surface area contributed by atoms with Gasteiger partial charge in [0.15, 0.2) is 0 Å². The Bertz CT molecular complexity index is 3460. The van der Waals surface area contributed by atoms with E-state index in [4.69, 9.17) is 14.7 Å². The van der Waals surface area contributed by atoms with Crippen molar-refractivity contribution in [3.8, 4) is 39.7 Å². The number of pyridine rings is 1. The van der Waals surface area contributed by atoms with Crippen molar-refractivity contribution in [2.45, 2.75) is 46.5 Å². The second-order valence-electron chi connectivity index (χ2n) is 16.5.